The second kappa shape index (κ2) is 8.16. The number of nitrogens with one attached hydrogen (secondary N) is 2. The van der Waals surface area contributed by atoms with Crippen molar-refractivity contribution < 1.29 is 4.79 Å². The molecule has 2 N–H and O–H groups in total. The van der Waals surface area contributed by atoms with Crippen molar-refractivity contribution >= 4 is 6.03 Å². The first-order valence-electron chi connectivity index (χ1n) is 7.60. The third-order valence-electron chi connectivity index (χ3n) is 3.94. The highest BCUT2D eigenvalue weighted by atomic mass is 16.2. The highest BCUT2D eigenvalue weighted by Crippen LogP contribution is 2.24. The average Bonchev–Trinajstić information content (AvgIpc) is 2.37. The van der Waals surface area contributed by atoms with Crippen LogP contribution < -0.4 is 10.6 Å². The van der Waals surface area contributed by atoms with Crippen molar-refractivity contribution in [2.75, 3.05) is 20.6 Å². The highest BCUT2D eigenvalue weighted by Gasteiger charge is 2.23. The fourth-order valence-corrected chi connectivity index (χ4v) is 2.77. The molecule has 0 radical (unpaired) electrons. The summed E-state index contributed by atoms with van der Waals surface area (Å²) in [6, 6.07) is -0.0308. The van der Waals surface area contributed by atoms with E-state index >= 15 is 0 Å². The molecule has 1 fully saturated rings. The number of hydrogen-bond acceptors (Lipinski definition) is 2. The monoisotopic (exact) mass is 279 g/mol. The highest BCUT2D eigenvalue weighted by molar-refractivity contribution is 5.75. The van der Waals surface area contributed by atoms with E-state index in [0.717, 1.165) is 25.3 Å². The molecule has 1 aliphatic rings. The number of amides is 2. The van der Waals surface area contributed by atoms with E-state index in [4.69, 9.17) is 6.42 Å². The van der Waals surface area contributed by atoms with Crippen LogP contribution in [0.3, 0.4) is 0 Å². The van der Waals surface area contributed by atoms with Crippen LogP contribution in [0.5, 0.6) is 0 Å². The number of nitrogens with zero attached hydrogens (tertiary/aromatic N) is 1. The number of hydrogen-bond donors (Lipinski definition) is 2. The first-order chi connectivity index (χ1) is 9.42. The van der Waals surface area contributed by atoms with E-state index in [1.807, 2.05) is 13.8 Å². The second-order valence-corrected chi connectivity index (χ2v) is 6.49. The topological polar surface area (TPSA) is 44.4 Å². The molecule has 0 aliphatic heterocycles. The number of carbonyl (C=O) groups excluding carboxylic acids is 1. The van der Waals surface area contributed by atoms with Crippen LogP contribution >= 0.6 is 0 Å². The Labute approximate surface area is 123 Å². The summed E-state index contributed by atoms with van der Waals surface area (Å²) < 4.78 is 0. The van der Waals surface area contributed by atoms with Gasteiger partial charge in [-0.15, -0.1) is 6.42 Å². The summed E-state index contributed by atoms with van der Waals surface area (Å²) in [5.41, 5.74) is 0. The number of terminal acetylenes is 1. The zero-order valence-corrected chi connectivity index (χ0v) is 13.3. The van der Waals surface area contributed by atoms with Crippen LogP contribution in [0, 0.1) is 24.2 Å². The van der Waals surface area contributed by atoms with E-state index in [-0.39, 0.29) is 18.0 Å². The van der Waals surface area contributed by atoms with Crippen molar-refractivity contribution in [1.29, 1.82) is 0 Å². The molecule has 1 rings (SSSR count). The Hall–Kier alpha value is -1.21. The van der Waals surface area contributed by atoms with Gasteiger partial charge in [0.2, 0.25) is 0 Å². The third kappa shape index (κ3) is 5.83. The lowest BCUT2D eigenvalue weighted by atomic mass is 9.86. The number of rotatable bonds is 5. The molecule has 0 spiro atoms. The Morgan fingerprint density at radius 1 is 1.30 bits per heavy atom. The van der Waals surface area contributed by atoms with Crippen molar-refractivity contribution in [3.8, 4) is 12.3 Å². The Balaban J connectivity index is 2.29. The summed E-state index contributed by atoms with van der Waals surface area (Å²) in [6.45, 7) is 5.17. The molecule has 114 valence electrons. The fraction of sp³-hybridized carbons (Fsp3) is 0.812. The summed E-state index contributed by atoms with van der Waals surface area (Å²) in [4.78, 5) is 14.2. The van der Waals surface area contributed by atoms with Crippen molar-refractivity contribution in [2.45, 2.75) is 51.6 Å². The standard InChI is InChI=1S/C16H29N3O/c1-6-15(12(2)3)18-16(20)17-14-9-7-13(8-10-14)11-19(4)5/h1,12-15H,7-11H2,2-5H3,(H2,17,18,20). The van der Waals surface area contributed by atoms with Crippen molar-refractivity contribution in [3.05, 3.63) is 0 Å². The zero-order chi connectivity index (χ0) is 15.1. The van der Waals surface area contributed by atoms with E-state index in [2.05, 4.69) is 35.5 Å². The quantitative estimate of drug-likeness (QED) is 0.757. The van der Waals surface area contributed by atoms with E-state index < -0.39 is 0 Å². The average molecular weight is 279 g/mol. The third-order valence-corrected chi connectivity index (χ3v) is 3.94. The van der Waals surface area contributed by atoms with Gasteiger partial charge in [-0.25, -0.2) is 4.79 Å². The van der Waals surface area contributed by atoms with Crippen molar-refractivity contribution in [2.24, 2.45) is 11.8 Å². The molecule has 2 amide bonds. The van der Waals surface area contributed by atoms with E-state index in [9.17, 15) is 4.79 Å². The predicted molar refractivity (Wildman–Crippen MR) is 83.4 cm³/mol. The molecule has 0 heterocycles. The molecular formula is C16H29N3O. The lowest BCUT2D eigenvalue weighted by molar-refractivity contribution is 0.213. The molecule has 0 aromatic rings. The van der Waals surface area contributed by atoms with Gasteiger partial charge in [-0.05, 0) is 51.6 Å². The Morgan fingerprint density at radius 2 is 1.90 bits per heavy atom. The van der Waals surface area contributed by atoms with Gasteiger partial charge in [-0.2, -0.15) is 0 Å². The van der Waals surface area contributed by atoms with Gasteiger partial charge in [0.15, 0.2) is 0 Å². The second-order valence-electron chi connectivity index (χ2n) is 6.49. The maximum atomic E-state index is 11.9. The summed E-state index contributed by atoms with van der Waals surface area (Å²) in [6.07, 6.45) is 9.92. The van der Waals surface area contributed by atoms with Gasteiger partial charge >= 0.3 is 6.03 Å². The van der Waals surface area contributed by atoms with Crippen LogP contribution in [-0.4, -0.2) is 43.7 Å². The minimum atomic E-state index is -0.194. The first kappa shape index (κ1) is 16.8. The van der Waals surface area contributed by atoms with Crippen LogP contribution in [0.1, 0.15) is 39.5 Å². The number of carbonyl (C=O) groups is 1. The maximum Gasteiger partial charge on any atom is 0.315 e. The molecule has 4 heteroatoms. The van der Waals surface area contributed by atoms with Gasteiger partial charge in [-0.1, -0.05) is 19.8 Å². The van der Waals surface area contributed by atoms with Crippen molar-refractivity contribution in [1.82, 2.24) is 15.5 Å². The molecule has 0 saturated heterocycles. The molecule has 1 aliphatic carbocycles. The van der Waals surface area contributed by atoms with Crippen LogP contribution in [0.15, 0.2) is 0 Å². The zero-order valence-electron chi connectivity index (χ0n) is 13.3. The minimum Gasteiger partial charge on any atom is -0.335 e. The van der Waals surface area contributed by atoms with Crippen LogP contribution in [0.25, 0.3) is 0 Å². The summed E-state index contributed by atoms with van der Waals surface area (Å²) in [5.74, 6) is 3.64. The van der Waals surface area contributed by atoms with E-state index in [1.165, 1.54) is 12.8 Å². The molecule has 0 aromatic carbocycles. The van der Waals surface area contributed by atoms with Crippen LogP contribution in [-0.2, 0) is 0 Å². The summed E-state index contributed by atoms with van der Waals surface area (Å²) in [7, 11) is 4.23. The lowest BCUT2D eigenvalue weighted by Gasteiger charge is -2.31. The van der Waals surface area contributed by atoms with Crippen molar-refractivity contribution in [3.63, 3.8) is 0 Å². The van der Waals surface area contributed by atoms with Gasteiger partial charge in [0.05, 0.1) is 6.04 Å². The minimum absolute atomic E-state index is 0.127. The Bertz CT molecular complexity index is 338. The van der Waals surface area contributed by atoms with Gasteiger partial charge in [0, 0.05) is 12.6 Å². The van der Waals surface area contributed by atoms with Gasteiger partial charge in [0.1, 0.15) is 0 Å². The predicted octanol–water partition coefficient (Wildman–Crippen LogP) is 2.06. The molecule has 1 saturated carbocycles. The number of urea groups is 1. The summed E-state index contributed by atoms with van der Waals surface area (Å²) in [5, 5.41) is 5.92. The fourth-order valence-electron chi connectivity index (χ4n) is 2.77. The SMILES string of the molecule is C#CC(NC(=O)NC1CCC(CN(C)C)CC1)C(C)C. The van der Waals surface area contributed by atoms with Gasteiger partial charge in [-0.3, -0.25) is 0 Å². The molecule has 20 heavy (non-hydrogen) atoms. The Kier molecular flexibility index (Phi) is 6.87. The van der Waals surface area contributed by atoms with E-state index in [1.54, 1.807) is 0 Å². The van der Waals surface area contributed by atoms with Gasteiger partial charge in [0.25, 0.3) is 0 Å². The molecule has 0 aromatic heterocycles. The van der Waals surface area contributed by atoms with Gasteiger partial charge < -0.3 is 15.5 Å². The largest absolute Gasteiger partial charge is 0.335 e. The molecule has 1 atom stereocenters. The summed E-state index contributed by atoms with van der Waals surface area (Å²) >= 11 is 0. The van der Waals surface area contributed by atoms with Crippen LogP contribution in [0.4, 0.5) is 4.79 Å². The normalized spacial score (nSPS) is 24.2. The lowest BCUT2D eigenvalue weighted by Crippen LogP contribution is -2.48. The molecule has 4 nitrogen and oxygen atoms in total. The van der Waals surface area contributed by atoms with Crippen LogP contribution in [0.2, 0.25) is 0 Å². The molecule has 0 bridgehead atoms. The molecule has 1 unspecified atom stereocenters. The smallest absolute Gasteiger partial charge is 0.315 e. The first-order valence-corrected chi connectivity index (χ1v) is 7.60. The van der Waals surface area contributed by atoms with E-state index in [0.29, 0.717) is 6.04 Å². The Morgan fingerprint density at radius 3 is 2.35 bits per heavy atom. The maximum absolute atomic E-state index is 11.9. The molecular weight excluding hydrogens is 250 g/mol.